The Labute approximate surface area is 64.7 Å². The molecule has 0 aromatic carbocycles. The number of rotatable bonds is 4. The number of hydrogen-bond acceptors (Lipinski definition) is 2. The molecule has 8 heteroatoms. The van der Waals surface area contributed by atoms with Crippen molar-refractivity contribution in [3.63, 3.8) is 0 Å². The molecule has 10 heavy (non-hydrogen) atoms. The molecule has 44 valence electrons. The molecular weight excluding hydrogens is 121 g/mol. The van der Waals surface area contributed by atoms with Crippen molar-refractivity contribution in [2.45, 2.75) is 6.92 Å². The summed E-state index contributed by atoms with van der Waals surface area (Å²) in [7, 11) is 2.58. The van der Waals surface area contributed by atoms with E-state index in [0.717, 1.165) is 7.00 Å². The second-order valence-electron chi connectivity index (χ2n) is 1.51. The van der Waals surface area contributed by atoms with E-state index in [0.29, 0.717) is 6.61 Å². The van der Waals surface area contributed by atoms with Crippen LogP contribution in [-0.4, -0.2) is 52.4 Å². The molecule has 0 bridgehead atoms. The van der Waals surface area contributed by atoms with Gasteiger partial charge >= 0.3 is 64.0 Å². The van der Waals surface area contributed by atoms with Crippen molar-refractivity contribution in [1.82, 2.24) is 0 Å². The fourth-order valence-corrected chi connectivity index (χ4v) is 0.375. The molecule has 0 fully saturated rings. The van der Waals surface area contributed by atoms with E-state index in [1.165, 1.54) is 6.69 Å². The van der Waals surface area contributed by atoms with Gasteiger partial charge in [0.1, 0.15) is 0 Å². The zero-order valence-electron chi connectivity index (χ0n) is 6.03. The Morgan fingerprint density at radius 3 is 2.50 bits per heavy atom. The third kappa shape index (κ3) is 7.99. The molecule has 1 N–H and O–H groups in total. The second kappa shape index (κ2) is 8.99. The molecule has 0 heterocycles. The molecule has 0 aromatic rings. The van der Waals surface area contributed by atoms with Gasteiger partial charge in [-0.05, 0) is 0 Å². The van der Waals surface area contributed by atoms with Gasteiger partial charge in [-0.2, -0.15) is 0 Å². The van der Waals surface area contributed by atoms with Crippen molar-refractivity contribution in [3.8, 4) is 0 Å². The van der Waals surface area contributed by atoms with Crippen molar-refractivity contribution in [1.29, 1.82) is 0 Å². The van der Waals surface area contributed by atoms with Gasteiger partial charge < -0.3 is 0 Å². The van der Waals surface area contributed by atoms with Crippen LogP contribution in [0.15, 0.2) is 0 Å². The van der Waals surface area contributed by atoms with Gasteiger partial charge in [0, 0.05) is 0 Å². The van der Waals surface area contributed by atoms with Crippen LogP contribution in [0.3, 0.4) is 0 Å². The summed E-state index contributed by atoms with van der Waals surface area (Å²) in [5.41, 5.74) is 0. The van der Waals surface area contributed by atoms with E-state index < -0.39 is 0 Å². The summed E-state index contributed by atoms with van der Waals surface area (Å²) < 4.78 is 4.90. The molecule has 0 spiro atoms. The van der Waals surface area contributed by atoms with E-state index in [-0.39, 0.29) is 0 Å². The Morgan fingerprint density at radius 1 is 1.20 bits per heavy atom. The van der Waals surface area contributed by atoms with Crippen molar-refractivity contribution >= 4 is 40.8 Å². The summed E-state index contributed by atoms with van der Waals surface area (Å²) in [5.74, 6) is 0. The van der Waals surface area contributed by atoms with Crippen LogP contribution in [0.2, 0.25) is 0 Å². The van der Waals surface area contributed by atoms with Crippen LogP contribution in [-0.2, 0) is 4.65 Å². The molecule has 0 aliphatic carbocycles. The first-order valence-electron chi connectivity index (χ1n) is 3.16. The van der Waals surface area contributed by atoms with E-state index in [2.05, 4.69) is 0 Å². The molecule has 0 rings (SSSR count). The van der Waals surface area contributed by atoms with Gasteiger partial charge in [-0.15, -0.1) is 0 Å². The zero-order chi connectivity index (χ0) is 7.66. The maximum absolute atomic E-state index is 8.18. The molecule has 2 nitrogen and oxygen atoms in total. The average molecular weight is 127 g/mol. The van der Waals surface area contributed by atoms with E-state index >= 15 is 0 Å². The van der Waals surface area contributed by atoms with E-state index in [1.807, 2.05) is 6.92 Å². The van der Waals surface area contributed by atoms with E-state index in [1.54, 1.807) is 27.1 Å². The standard InChI is InChI=1S/C2H6B6O2/c1-2-10-8-6-4-3-5-7-9/h9H,2H2,1H3. The average Bonchev–Trinajstić information content (AvgIpc) is 1.97. The number of hydrogen-bond donors (Lipinski definition) is 1. The van der Waals surface area contributed by atoms with Gasteiger partial charge in [0.15, 0.2) is 0 Å². The van der Waals surface area contributed by atoms with Crippen molar-refractivity contribution < 1.29 is 9.68 Å². The molecule has 0 radical (unpaired) electrons. The molecular formula is C2H6B6O2. The van der Waals surface area contributed by atoms with Crippen LogP contribution in [0.4, 0.5) is 0 Å². The summed E-state index contributed by atoms with van der Waals surface area (Å²) in [6.07, 6.45) is 0. The maximum atomic E-state index is 8.18. The van der Waals surface area contributed by atoms with Gasteiger partial charge in [0.05, 0.1) is 0 Å². The molecule has 0 amide bonds. The summed E-state index contributed by atoms with van der Waals surface area (Å²) in [6, 6.07) is 0. The van der Waals surface area contributed by atoms with Crippen LogP contribution >= 0.6 is 0 Å². The molecule has 0 aliphatic heterocycles. The predicted molar refractivity (Wildman–Crippen MR) is 48.4 cm³/mol. The summed E-state index contributed by atoms with van der Waals surface area (Å²) in [6.45, 7) is 9.35. The summed E-state index contributed by atoms with van der Waals surface area (Å²) >= 11 is 0. The minimum atomic E-state index is 0.681. The Hall–Kier alpha value is -0.0104. The topological polar surface area (TPSA) is 29.5 Å². The van der Waals surface area contributed by atoms with Crippen LogP contribution in [0.5, 0.6) is 0 Å². The normalized spacial score (nSPS) is 7.30. The third-order valence-corrected chi connectivity index (χ3v) is 0.761. The summed E-state index contributed by atoms with van der Waals surface area (Å²) in [4.78, 5) is 0. The second-order valence-corrected chi connectivity index (χ2v) is 1.51. The fourth-order valence-electron chi connectivity index (χ4n) is 0.375. The zero-order valence-corrected chi connectivity index (χ0v) is 6.03. The first-order valence-corrected chi connectivity index (χ1v) is 3.16. The van der Waals surface area contributed by atoms with E-state index in [9.17, 15) is 0 Å². The van der Waals surface area contributed by atoms with Crippen molar-refractivity contribution in [3.05, 3.63) is 0 Å². The monoisotopic (exact) mass is 128 g/mol. The fraction of sp³-hybridized carbons (Fsp3) is 1.00. The molecule has 0 saturated carbocycles. The molecule has 0 aromatic heterocycles. The van der Waals surface area contributed by atoms with Gasteiger partial charge in [-0.3, -0.25) is 0 Å². The van der Waals surface area contributed by atoms with Crippen LogP contribution in [0.1, 0.15) is 6.92 Å². The SMILES string of the molecule is CCOB=BB=BB=BO. The summed E-state index contributed by atoms with van der Waals surface area (Å²) in [5, 5.41) is 8.18. The van der Waals surface area contributed by atoms with Gasteiger partial charge in [0.2, 0.25) is 0 Å². The Balaban J connectivity index is 3.32. The Kier molecular flexibility index (Phi) is 8.98. The predicted octanol–water partition coefficient (Wildman–Crippen LogP) is -2.35. The minimum absolute atomic E-state index is 0.681. The van der Waals surface area contributed by atoms with E-state index in [4.69, 9.17) is 9.68 Å². The molecule has 0 atom stereocenters. The van der Waals surface area contributed by atoms with Crippen LogP contribution < -0.4 is 0 Å². The molecule has 0 saturated heterocycles. The van der Waals surface area contributed by atoms with Gasteiger partial charge in [0.25, 0.3) is 0 Å². The van der Waals surface area contributed by atoms with Crippen LogP contribution in [0.25, 0.3) is 0 Å². The van der Waals surface area contributed by atoms with Gasteiger partial charge in [-0.1, -0.05) is 0 Å². The van der Waals surface area contributed by atoms with Crippen molar-refractivity contribution in [2.24, 2.45) is 0 Å². The Morgan fingerprint density at radius 2 is 1.90 bits per heavy atom. The molecule has 0 aliphatic rings. The Bertz CT molecular complexity index is 141. The van der Waals surface area contributed by atoms with Crippen molar-refractivity contribution in [2.75, 3.05) is 6.61 Å². The third-order valence-electron chi connectivity index (χ3n) is 0.761. The molecule has 0 unspecified atom stereocenters. The first kappa shape index (κ1) is 9.99. The quantitative estimate of drug-likeness (QED) is 0.428. The van der Waals surface area contributed by atoms with Crippen LogP contribution in [0, 0.1) is 0 Å². The first-order chi connectivity index (χ1) is 4.91. The van der Waals surface area contributed by atoms with Gasteiger partial charge in [-0.25, -0.2) is 0 Å².